The normalized spacial score (nSPS) is 13.6. The van der Waals surface area contributed by atoms with Crippen molar-refractivity contribution in [3.05, 3.63) is 78.4 Å². The molecule has 3 aromatic heterocycles. The number of carbonyl (C=O) groups excluding carboxylic acids is 2. The molecule has 0 bridgehead atoms. The number of nitrogens with two attached hydrogens (primary N) is 1. The molecule has 0 spiro atoms. The monoisotopic (exact) mass is 584 g/mol. The molecule has 0 unspecified atom stereocenters. The van der Waals surface area contributed by atoms with Crippen molar-refractivity contribution in [2.75, 3.05) is 26.4 Å². The van der Waals surface area contributed by atoms with Crippen LogP contribution in [-0.2, 0) is 12.1 Å². The number of hydrogen-bond donors (Lipinski definition) is 2. The molecule has 3 N–H and O–H groups in total. The number of fused-ring (bicyclic) bond motifs is 1. The van der Waals surface area contributed by atoms with E-state index < -0.39 is 11.7 Å². The van der Waals surface area contributed by atoms with Crippen LogP contribution in [0.5, 0.6) is 5.75 Å². The number of nitrogens with zero attached hydrogens (tertiary/aromatic N) is 8. The number of anilines is 1. The van der Waals surface area contributed by atoms with Gasteiger partial charge in [0.2, 0.25) is 0 Å². The number of benzene rings is 2. The van der Waals surface area contributed by atoms with Crippen LogP contribution in [0.3, 0.4) is 0 Å². The molecule has 1 fully saturated rings. The van der Waals surface area contributed by atoms with Gasteiger partial charge in [-0.25, -0.2) is 28.8 Å². The summed E-state index contributed by atoms with van der Waals surface area (Å²) in [5.41, 5.74) is 9.06. The maximum absolute atomic E-state index is 13.7. The maximum Gasteiger partial charge on any atom is 0.345 e. The number of rotatable bonds is 9. The highest BCUT2D eigenvalue weighted by Gasteiger charge is 2.47. The number of ether oxygens (including phenoxy) is 1. The van der Waals surface area contributed by atoms with Gasteiger partial charge in [-0.05, 0) is 43.0 Å². The molecule has 0 atom stereocenters. The molecule has 1 aliphatic rings. The van der Waals surface area contributed by atoms with Crippen LogP contribution in [-0.4, -0.2) is 72.1 Å². The third-order valence-corrected chi connectivity index (χ3v) is 7.71. The average Bonchev–Trinajstić information content (AvgIpc) is 3.40. The van der Waals surface area contributed by atoms with Crippen molar-refractivity contribution in [2.45, 2.75) is 31.3 Å². The molecule has 2 amide bonds. The molecule has 1 aliphatic carbocycles. The Morgan fingerprint density at radius 2 is 1.93 bits per heavy atom. The fourth-order valence-corrected chi connectivity index (χ4v) is 5.09. The second-order valence-electron chi connectivity index (χ2n) is 10.5. The van der Waals surface area contributed by atoms with Crippen molar-refractivity contribution in [1.82, 2.24) is 44.7 Å². The van der Waals surface area contributed by atoms with Gasteiger partial charge in [-0.1, -0.05) is 24.3 Å². The lowest BCUT2D eigenvalue weighted by Gasteiger charge is -2.21. The zero-order valence-corrected chi connectivity index (χ0v) is 23.6. The van der Waals surface area contributed by atoms with Gasteiger partial charge in [0.05, 0.1) is 23.6 Å². The molecule has 2 aromatic carbocycles. The first-order chi connectivity index (χ1) is 20.8. The standard InChI is InChI=1S/C29H29FN10O3/c1-38(28(42)39-17-32-15-36-39)12-11-29(9-10-29)40-26-23(25(31)34-16-35-26)24(37-40)19-5-3-18(4-6-19)14-33-27(41)21-13-20(30)7-8-22(21)43-2/h3-8,13,15-17H,9-12,14H2,1-2H3,(H,33,41)(H2,31,34,35). The van der Waals surface area contributed by atoms with Crippen LogP contribution in [0, 0.1) is 5.82 Å². The predicted molar refractivity (Wildman–Crippen MR) is 155 cm³/mol. The van der Waals surface area contributed by atoms with Gasteiger partial charge in [0.1, 0.15) is 42.1 Å². The van der Waals surface area contributed by atoms with Gasteiger partial charge in [0.25, 0.3) is 5.91 Å². The fraction of sp³-hybridized carbons (Fsp3) is 0.276. The van der Waals surface area contributed by atoms with Crippen LogP contribution in [0.2, 0.25) is 0 Å². The van der Waals surface area contributed by atoms with E-state index in [9.17, 15) is 14.0 Å². The van der Waals surface area contributed by atoms with Crippen molar-refractivity contribution in [2.24, 2.45) is 0 Å². The molecule has 0 saturated heterocycles. The van der Waals surface area contributed by atoms with Crippen LogP contribution in [0.25, 0.3) is 22.3 Å². The lowest BCUT2D eigenvalue weighted by atomic mass is 10.1. The molecule has 5 aromatic rings. The predicted octanol–water partition coefficient (Wildman–Crippen LogP) is 3.22. The summed E-state index contributed by atoms with van der Waals surface area (Å²) in [5, 5.41) is 12.4. The number of aromatic nitrogens is 7. The van der Waals surface area contributed by atoms with E-state index >= 15 is 0 Å². The summed E-state index contributed by atoms with van der Waals surface area (Å²) in [6, 6.07) is 11.1. The number of nitrogens with one attached hydrogen (secondary N) is 1. The van der Waals surface area contributed by atoms with Gasteiger partial charge in [-0.15, -0.1) is 0 Å². The van der Waals surface area contributed by atoms with E-state index in [4.69, 9.17) is 15.6 Å². The summed E-state index contributed by atoms with van der Waals surface area (Å²) in [4.78, 5) is 39.5. The summed E-state index contributed by atoms with van der Waals surface area (Å²) in [6.07, 6.45) is 6.55. The van der Waals surface area contributed by atoms with Gasteiger partial charge in [-0.2, -0.15) is 14.9 Å². The van der Waals surface area contributed by atoms with Gasteiger partial charge in [0, 0.05) is 25.7 Å². The molecule has 14 heteroatoms. The van der Waals surface area contributed by atoms with E-state index in [1.54, 1.807) is 11.9 Å². The number of nitrogen functional groups attached to an aromatic ring is 1. The Morgan fingerprint density at radius 3 is 2.63 bits per heavy atom. The van der Waals surface area contributed by atoms with Crippen LogP contribution >= 0.6 is 0 Å². The lowest BCUT2D eigenvalue weighted by Crippen LogP contribution is -2.35. The molecule has 43 heavy (non-hydrogen) atoms. The Balaban J connectivity index is 1.21. The van der Waals surface area contributed by atoms with Crippen molar-refractivity contribution >= 4 is 28.8 Å². The lowest BCUT2D eigenvalue weighted by molar-refractivity contribution is 0.0947. The van der Waals surface area contributed by atoms with Crippen molar-refractivity contribution in [1.29, 1.82) is 0 Å². The van der Waals surface area contributed by atoms with E-state index in [1.165, 1.54) is 42.9 Å². The SMILES string of the molecule is COc1ccc(F)cc1C(=O)NCc1ccc(-c2nn(C3(CCN(C)C(=O)n4cncn4)CC3)c3ncnc(N)c23)cc1. The van der Waals surface area contributed by atoms with E-state index in [1.807, 2.05) is 28.9 Å². The molecule has 13 nitrogen and oxygen atoms in total. The van der Waals surface area contributed by atoms with Crippen LogP contribution in [0.15, 0.2) is 61.4 Å². The largest absolute Gasteiger partial charge is 0.496 e. The minimum Gasteiger partial charge on any atom is -0.496 e. The molecular weight excluding hydrogens is 555 g/mol. The summed E-state index contributed by atoms with van der Waals surface area (Å²) < 4.78 is 22.0. The second kappa shape index (κ2) is 11.1. The molecule has 3 heterocycles. The average molecular weight is 585 g/mol. The number of halogens is 1. The minimum atomic E-state index is -0.523. The summed E-state index contributed by atoms with van der Waals surface area (Å²) in [6.45, 7) is 0.709. The summed E-state index contributed by atoms with van der Waals surface area (Å²) in [5.74, 6) is -0.358. The molecule has 220 valence electrons. The first-order valence-corrected chi connectivity index (χ1v) is 13.6. The molecule has 6 rings (SSSR count). The first-order valence-electron chi connectivity index (χ1n) is 13.6. The Labute approximate surface area is 245 Å². The van der Waals surface area contributed by atoms with Crippen LogP contribution in [0.1, 0.15) is 35.2 Å². The van der Waals surface area contributed by atoms with Gasteiger partial charge in [0.15, 0.2) is 5.65 Å². The highest BCUT2D eigenvalue weighted by Crippen LogP contribution is 2.49. The molecular formula is C29H29FN10O3. The quantitative estimate of drug-likeness (QED) is 0.265. The summed E-state index contributed by atoms with van der Waals surface area (Å²) in [7, 11) is 3.16. The Morgan fingerprint density at radius 1 is 1.14 bits per heavy atom. The molecule has 0 aliphatic heterocycles. The smallest absolute Gasteiger partial charge is 0.345 e. The molecule has 0 radical (unpaired) electrons. The zero-order valence-electron chi connectivity index (χ0n) is 23.6. The minimum absolute atomic E-state index is 0.120. The van der Waals surface area contributed by atoms with Gasteiger partial charge >= 0.3 is 6.03 Å². The zero-order chi connectivity index (χ0) is 30.1. The second-order valence-corrected chi connectivity index (χ2v) is 10.5. The number of methoxy groups -OCH3 is 1. The highest BCUT2D eigenvalue weighted by atomic mass is 19.1. The number of hydrogen-bond acceptors (Lipinski definition) is 9. The topological polar surface area (TPSA) is 159 Å². The Bertz CT molecular complexity index is 1800. The van der Waals surface area contributed by atoms with Gasteiger partial charge in [-0.3, -0.25) is 4.79 Å². The highest BCUT2D eigenvalue weighted by molar-refractivity contribution is 5.98. The van der Waals surface area contributed by atoms with E-state index in [-0.39, 0.29) is 23.7 Å². The Kier molecular flexibility index (Phi) is 7.17. The maximum atomic E-state index is 13.7. The van der Waals surface area contributed by atoms with Crippen molar-refractivity contribution in [3.8, 4) is 17.0 Å². The third-order valence-electron chi connectivity index (χ3n) is 7.71. The summed E-state index contributed by atoms with van der Waals surface area (Å²) >= 11 is 0. The number of carbonyl (C=O) groups is 2. The van der Waals surface area contributed by atoms with E-state index in [0.29, 0.717) is 41.3 Å². The fourth-order valence-electron chi connectivity index (χ4n) is 5.09. The number of amides is 2. The van der Waals surface area contributed by atoms with Crippen molar-refractivity contribution < 1.29 is 18.7 Å². The van der Waals surface area contributed by atoms with Crippen LogP contribution < -0.4 is 15.8 Å². The first kappa shape index (κ1) is 27.8. The third kappa shape index (κ3) is 5.34. The molecule has 1 saturated carbocycles. The van der Waals surface area contributed by atoms with Crippen LogP contribution in [0.4, 0.5) is 15.0 Å². The van der Waals surface area contributed by atoms with Gasteiger partial charge < -0.3 is 20.7 Å². The van der Waals surface area contributed by atoms with E-state index in [2.05, 4.69) is 25.4 Å². The Hall–Kier alpha value is -5.40. The van der Waals surface area contributed by atoms with Crippen molar-refractivity contribution in [3.63, 3.8) is 0 Å². The van der Waals surface area contributed by atoms with E-state index in [0.717, 1.165) is 30.0 Å².